The van der Waals surface area contributed by atoms with Gasteiger partial charge in [-0.25, -0.2) is 0 Å². The van der Waals surface area contributed by atoms with Crippen LogP contribution >= 0.6 is 22.6 Å². The SMILES string of the molecule is CCCNC(=O)C1COCCN1C(=O)c1ccccc1I. The van der Waals surface area contributed by atoms with Gasteiger partial charge in [-0.05, 0) is 41.1 Å². The number of carbonyl (C=O) groups excluding carboxylic acids is 2. The van der Waals surface area contributed by atoms with E-state index in [-0.39, 0.29) is 18.4 Å². The molecule has 1 aromatic carbocycles. The number of nitrogens with zero attached hydrogens (tertiary/aromatic N) is 1. The predicted octanol–water partition coefficient (Wildman–Crippen LogP) is 1.66. The highest BCUT2D eigenvalue weighted by Gasteiger charge is 2.33. The fourth-order valence-corrected chi connectivity index (χ4v) is 2.84. The molecule has 1 atom stereocenters. The highest BCUT2D eigenvalue weighted by molar-refractivity contribution is 14.1. The lowest BCUT2D eigenvalue weighted by Gasteiger charge is -2.34. The third-order valence-corrected chi connectivity index (χ3v) is 4.29. The number of morpholine rings is 1. The van der Waals surface area contributed by atoms with Crippen LogP contribution in [0.4, 0.5) is 0 Å². The molecule has 1 N–H and O–H groups in total. The van der Waals surface area contributed by atoms with Gasteiger partial charge in [-0.3, -0.25) is 9.59 Å². The molecule has 0 spiro atoms. The molecule has 1 saturated heterocycles. The predicted molar refractivity (Wildman–Crippen MR) is 88.1 cm³/mol. The Labute approximate surface area is 138 Å². The monoisotopic (exact) mass is 402 g/mol. The molecule has 2 amide bonds. The van der Waals surface area contributed by atoms with Crippen molar-refractivity contribution in [3.8, 4) is 0 Å². The van der Waals surface area contributed by atoms with Gasteiger partial charge < -0.3 is 15.0 Å². The third-order valence-electron chi connectivity index (χ3n) is 3.35. The first-order chi connectivity index (χ1) is 10.1. The molecule has 0 radical (unpaired) electrons. The first-order valence-corrected chi connectivity index (χ1v) is 8.14. The summed E-state index contributed by atoms with van der Waals surface area (Å²) >= 11 is 2.14. The summed E-state index contributed by atoms with van der Waals surface area (Å²) < 4.78 is 6.26. The Morgan fingerprint density at radius 1 is 1.43 bits per heavy atom. The minimum Gasteiger partial charge on any atom is -0.377 e. The van der Waals surface area contributed by atoms with Crippen LogP contribution in [0, 0.1) is 3.57 Å². The minimum atomic E-state index is -0.547. The van der Waals surface area contributed by atoms with Crippen molar-refractivity contribution >= 4 is 34.4 Å². The molecule has 0 aliphatic carbocycles. The van der Waals surface area contributed by atoms with Gasteiger partial charge in [0.25, 0.3) is 5.91 Å². The van der Waals surface area contributed by atoms with Crippen LogP contribution in [0.5, 0.6) is 0 Å². The molecule has 5 nitrogen and oxygen atoms in total. The first kappa shape index (κ1) is 16.2. The van der Waals surface area contributed by atoms with Crippen molar-refractivity contribution in [2.24, 2.45) is 0 Å². The van der Waals surface area contributed by atoms with Crippen LogP contribution in [-0.4, -0.2) is 49.1 Å². The lowest BCUT2D eigenvalue weighted by Crippen LogP contribution is -2.56. The summed E-state index contributed by atoms with van der Waals surface area (Å²) in [4.78, 5) is 26.5. The Kier molecular flexibility index (Phi) is 5.98. The summed E-state index contributed by atoms with van der Waals surface area (Å²) in [6, 6.07) is 6.86. The van der Waals surface area contributed by atoms with Gasteiger partial charge in [-0.15, -0.1) is 0 Å². The molecule has 2 rings (SSSR count). The molecule has 6 heteroatoms. The van der Waals surface area contributed by atoms with Crippen molar-refractivity contribution in [1.82, 2.24) is 10.2 Å². The lowest BCUT2D eigenvalue weighted by atomic mass is 10.1. The number of ether oxygens (including phenoxy) is 1. The van der Waals surface area contributed by atoms with Crippen molar-refractivity contribution < 1.29 is 14.3 Å². The maximum absolute atomic E-state index is 12.7. The zero-order chi connectivity index (χ0) is 15.2. The smallest absolute Gasteiger partial charge is 0.255 e. The van der Waals surface area contributed by atoms with Gasteiger partial charge in [-0.1, -0.05) is 19.1 Å². The van der Waals surface area contributed by atoms with Crippen molar-refractivity contribution in [2.45, 2.75) is 19.4 Å². The van der Waals surface area contributed by atoms with Crippen LogP contribution in [-0.2, 0) is 9.53 Å². The molecular weight excluding hydrogens is 383 g/mol. The number of carbonyl (C=O) groups is 2. The van der Waals surface area contributed by atoms with Gasteiger partial charge in [-0.2, -0.15) is 0 Å². The highest BCUT2D eigenvalue weighted by Crippen LogP contribution is 2.17. The van der Waals surface area contributed by atoms with Crippen molar-refractivity contribution in [3.63, 3.8) is 0 Å². The van der Waals surface area contributed by atoms with Gasteiger partial charge >= 0.3 is 0 Å². The Bertz CT molecular complexity index is 521. The van der Waals surface area contributed by atoms with Crippen molar-refractivity contribution in [1.29, 1.82) is 0 Å². The zero-order valence-corrected chi connectivity index (χ0v) is 14.1. The Morgan fingerprint density at radius 3 is 2.90 bits per heavy atom. The second-order valence-electron chi connectivity index (χ2n) is 4.86. The highest BCUT2D eigenvalue weighted by atomic mass is 127. The topological polar surface area (TPSA) is 58.6 Å². The number of benzene rings is 1. The maximum atomic E-state index is 12.7. The molecule has 1 heterocycles. The van der Waals surface area contributed by atoms with E-state index in [1.54, 1.807) is 11.0 Å². The number of halogens is 1. The summed E-state index contributed by atoms with van der Waals surface area (Å²) in [6.45, 7) is 3.76. The van der Waals surface area contributed by atoms with E-state index >= 15 is 0 Å². The molecule has 0 bridgehead atoms. The van der Waals surface area contributed by atoms with Crippen molar-refractivity contribution in [3.05, 3.63) is 33.4 Å². The molecule has 21 heavy (non-hydrogen) atoms. The summed E-state index contributed by atoms with van der Waals surface area (Å²) in [5, 5.41) is 2.84. The van der Waals surface area contributed by atoms with Gasteiger partial charge in [0.1, 0.15) is 6.04 Å². The van der Waals surface area contributed by atoms with Crippen LogP contribution in [0.25, 0.3) is 0 Å². The normalized spacial score (nSPS) is 18.4. The number of amides is 2. The maximum Gasteiger partial charge on any atom is 0.255 e. The Balaban J connectivity index is 2.16. The van der Waals surface area contributed by atoms with Crippen molar-refractivity contribution in [2.75, 3.05) is 26.3 Å². The van der Waals surface area contributed by atoms with Crippen LogP contribution in [0.1, 0.15) is 23.7 Å². The van der Waals surface area contributed by atoms with Gasteiger partial charge in [0.15, 0.2) is 0 Å². The molecule has 1 fully saturated rings. The lowest BCUT2D eigenvalue weighted by molar-refractivity contribution is -0.130. The second-order valence-corrected chi connectivity index (χ2v) is 6.02. The molecule has 1 aliphatic rings. The molecular formula is C15H19IN2O3. The molecule has 1 aliphatic heterocycles. The van der Waals surface area contributed by atoms with Crippen LogP contribution < -0.4 is 5.32 Å². The van der Waals surface area contributed by atoms with Gasteiger partial charge in [0.2, 0.25) is 5.91 Å². The number of hydrogen-bond donors (Lipinski definition) is 1. The van der Waals surface area contributed by atoms with E-state index in [4.69, 9.17) is 4.74 Å². The van der Waals surface area contributed by atoms with E-state index in [0.717, 1.165) is 9.99 Å². The summed E-state index contributed by atoms with van der Waals surface area (Å²) in [6.07, 6.45) is 0.865. The molecule has 0 aromatic heterocycles. The summed E-state index contributed by atoms with van der Waals surface area (Å²) in [5.41, 5.74) is 0.633. The minimum absolute atomic E-state index is 0.111. The second kappa shape index (κ2) is 7.74. The summed E-state index contributed by atoms with van der Waals surface area (Å²) in [5.74, 6) is -0.254. The van der Waals surface area contributed by atoms with E-state index < -0.39 is 6.04 Å². The first-order valence-electron chi connectivity index (χ1n) is 7.06. The van der Waals surface area contributed by atoms with E-state index in [2.05, 4.69) is 27.9 Å². The number of hydrogen-bond acceptors (Lipinski definition) is 3. The quantitative estimate of drug-likeness (QED) is 0.780. The largest absolute Gasteiger partial charge is 0.377 e. The Hall–Kier alpha value is -1.15. The van der Waals surface area contributed by atoms with E-state index in [9.17, 15) is 9.59 Å². The standard InChI is InChI=1S/C15H19IN2O3/c1-2-7-17-14(19)13-10-21-9-8-18(13)15(20)11-5-3-4-6-12(11)16/h3-6,13H,2,7-10H2,1H3,(H,17,19). The molecule has 1 unspecified atom stereocenters. The van der Waals surface area contributed by atoms with E-state index in [1.807, 2.05) is 25.1 Å². The van der Waals surface area contributed by atoms with Gasteiger partial charge in [0, 0.05) is 16.7 Å². The summed E-state index contributed by atoms with van der Waals surface area (Å²) in [7, 11) is 0. The fraction of sp³-hybridized carbons (Fsp3) is 0.467. The zero-order valence-electron chi connectivity index (χ0n) is 12.0. The van der Waals surface area contributed by atoms with Crippen LogP contribution in [0.2, 0.25) is 0 Å². The number of rotatable bonds is 4. The van der Waals surface area contributed by atoms with E-state index in [0.29, 0.717) is 25.3 Å². The Morgan fingerprint density at radius 2 is 2.19 bits per heavy atom. The number of nitrogens with one attached hydrogen (secondary N) is 1. The molecule has 0 saturated carbocycles. The van der Waals surface area contributed by atoms with Crippen LogP contribution in [0.15, 0.2) is 24.3 Å². The third kappa shape index (κ3) is 3.94. The van der Waals surface area contributed by atoms with Gasteiger partial charge in [0.05, 0.1) is 18.8 Å². The average molecular weight is 402 g/mol. The molecule has 114 valence electrons. The van der Waals surface area contributed by atoms with Crippen LogP contribution in [0.3, 0.4) is 0 Å². The average Bonchev–Trinajstić information content (AvgIpc) is 2.52. The molecule has 1 aromatic rings. The van der Waals surface area contributed by atoms with E-state index in [1.165, 1.54) is 0 Å². The fourth-order valence-electron chi connectivity index (χ4n) is 2.22.